The molecule has 0 aromatic heterocycles. The summed E-state index contributed by atoms with van der Waals surface area (Å²) in [6, 6.07) is 11.3. The Morgan fingerprint density at radius 2 is 1.65 bits per heavy atom. The number of nitrogens with one attached hydrogen (secondary N) is 1. The Balaban J connectivity index is 2.26. The fraction of sp³-hybridized carbons (Fsp3) is 0.294. The zero-order valence-corrected chi connectivity index (χ0v) is 11.8. The van der Waals surface area contributed by atoms with Gasteiger partial charge in [0.15, 0.2) is 0 Å². The van der Waals surface area contributed by atoms with Gasteiger partial charge in [0, 0.05) is 6.04 Å². The van der Waals surface area contributed by atoms with Crippen molar-refractivity contribution < 1.29 is 8.78 Å². The largest absolute Gasteiger partial charge is 0.310 e. The Morgan fingerprint density at radius 1 is 1.00 bits per heavy atom. The molecule has 0 bridgehead atoms. The second kappa shape index (κ2) is 6.62. The van der Waals surface area contributed by atoms with E-state index < -0.39 is 0 Å². The summed E-state index contributed by atoms with van der Waals surface area (Å²) in [4.78, 5) is 0. The van der Waals surface area contributed by atoms with E-state index in [1.807, 2.05) is 13.8 Å². The van der Waals surface area contributed by atoms with E-state index in [0.29, 0.717) is 6.42 Å². The zero-order valence-electron chi connectivity index (χ0n) is 11.8. The molecule has 0 fully saturated rings. The van der Waals surface area contributed by atoms with Crippen molar-refractivity contribution in [3.63, 3.8) is 0 Å². The molecule has 1 nitrogen and oxygen atoms in total. The van der Waals surface area contributed by atoms with E-state index in [-0.39, 0.29) is 17.7 Å². The summed E-state index contributed by atoms with van der Waals surface area (Å²) < 4.78 is 26.4. The molecular weight excluding hydrogens is 256 g/mol. The number of likely N-dealkylation sites (N-methyl/N-ethyl adjacent to an activating group) is 1. The first-order chi connectivity index (χ1) is 9.60. The van der Waals surface area contributed by atoms with Crippen LogP contribution >= 0.6 is 0 Å². The number of halogens is 2. The highest BCUT2D eigenvalue weighted by molar-refractivity contribution is 5.31. The Kier molecular flexibility index (Phi) is 4.85. The van der Waals surface area contributed by atoms with Crippen LogP contribution in [0.5, 0.6) is 0 Å². The van der Waals surface area contributed by atoms with Gasteiger partial charge in [0.2, 0.25) is 0 Å². The summed E-state index contributed by atoms with van der Waals surface area (Å²) in [5.41, 5.74) is 3.04. The molecule has 0 aliphatic rings. The second-order valence-electron chi connectivity index (χ2n) is 4.94. The second-order valence-corrected chi connectivity index (χ2v) is 4.94. The van der Waals surface area contributed by atoms with Gasteiger partial charge in [-0.15, -0.1) is 0 Å². The summed E-state index contributed by atoms with van der Waals surface area (Å²) in [6.45, 7) is 4.79. The number of hydrogen-bond acceptors (Lipinski definition) is 1. The summed E-state index contributed by atoms with van der Waals surface area (Å²) >= 11 is 0. The van der Waals surface area contributed by atoms with E-state index >= 15 is 0 Å². The van der Waals surface area contributed by atoms with E-state index in [2.05, 4.69) is 5.32 Å². The predicted octanol–water partition coefficient (Wildman–Crippen LogP) is 4.17. The maximum Gasteiger partial charge on any atom is 0.123 e. The fourth-order valence-electron chi connectivity index (χ4n) is 2.38. The topological polar surface area (TPSA) is 12.0 Å². The molecule has 20 heavy (non-hydrogen) atoms. The third-order valence-corrected chi connectivity index (χ3v) is 3.42. The first-order valence-corrected chi connectivity index (χ1v) is 6.84. The summed E-state index contributed by atoms with van der Waals surface area (Å²) in [5, 5.41) is 3.37. The highest BCUT2D eigenvalue weighted by Gasteiger charge is 2.14. The molecule has 1 N–H and O–H groups in total. The average molecular weight is 275 g/mol. The molecule has 2 rings (SSSR count). The van der Waals surface area contributed by atoms with Gasteiger partial charge in [-0.25, -0.2) is 8.78 Å². The Morgan fingerprint density at radius 3 is 2.30 bits per heavy atom. The molecule has 2 aromatic carbocycles. The minimum atomic E-state index is -0.240. The monoisotopic (exact) mass is 275 g/mol. The van der Waals surface area contributed by atoms with Gasteiger partial charge in [0.25, 0.3) is 0 Å². The van der Waals surface area contributed by atoms with Crippen molar-refractivity contribution in [3.05, 3.63) is 70.8 Å². The van der Waals surface area contributed by atoms with Gasteiger partial charge in [-0.05, 0) is 60.8 Å². The Hall–Kier alpha value is -1.74. The van der Waals surface area contributed by atoms with Crippen molar-refractivity contribution in [2.45, 2.75) is 26.3 Å². The Bertz CT molecular complexity index is 564. The molecule has 0 aliphatic carbocycles. The van der Waals surface area contributed by atoms with Crippen LogP contribution in [0.4, 0.5) is 8.78 Å². The number of benzene rings is 2. The van der Waals surface area contributed by atoms with E-state index in [1.54, 1.807) is 24.3 Å². The quantitative estimate of drug-likeness (QED) is 0.863. The fourth-order valence-corrected chi connectivity index (χ4v) is 2.38. The molecule has 3 heteroatoms. The van der Waals surface area contributed by atoms with Crippen LogP contribution in [0.15, 0.2) is 42.5 Å². The van der Waals surface area contributed by atoms with Crippen molar-refractivity contribution >= 4 is 0 Å². The SMILES string of the molecule is CCNC(Cc1ccc(F)cc1)c1cc(F)ccc1C. The van der Waals surface area contributed by atoms with Gasteiger partial charge in [-0.3, -0.25) is 0 Å². The van der Waals surface area contributed by atoms with Crippen LogP contribution in [0.1, 0.15) is 29.7 Å². The van der Waals surface area contributed by atoms with Crippen LogP contribution in [0.3, 0.4) is 0 Å². The lowest BCUT2D eigenvalue weighted by Gasteiger charge is -2.20. The lowest BCUT2D eigenvalue weighted by Crippen LogP contribution is -2.24. The van der Waals surface area contributed by atoms with Crippen molar-refractivity contribution in [3.8, 4) is 0 Å². The van der Waals surface area contributed by atoms with Crippen LogP contribution < -0.4 is 5.32 Å². The van der Waals surface area contributed by atoms with Crippen molar-refractivity contribution in [1.82, 2.24) is 5.32 Å². The zero-order chi connectivity index (χ0) is 14.5. The minimum Gasteiger partial charge on any atom is -0.310 e. The van der Waals surface area contributed by atoms with Crippen molar-refractivity contribution in [2.75, 3.05) is 6.54 Å². The molecule has 0 radical (unpaired) electrons. The van der Waals surface area contributed by atoms with Crippen LogP contribution in [0.2, 0.25) is 0 Å². The summed E-state index contributed by atoms with van der Waals surface area (Å²) in [7, 11) is 0. The van der Waals surface area contributed by atoms with E-state index in [1.165, 1.54) is 18.2 Å². The first kappa shape index (κ1) is 14.7. The molecule has 1 atom stereocenters. The van der Waals surface area contributed by atoms with Crippen LogP contribution in [0, 0.1) is 18.6 Å². The van der Waals surface area contributed by atoms with Crippen molar-refractivity contribution in [1.29, 1.82) is 0 Å². The van der Waals surface area contributed by atoms with Crippen LogP contribution in [-0.4, -0.2) is 6.54 Å². The highest BCUT2D eigenvalue weighted by Crippen LogP contribution is 2.23. The van der Waals surface area contributed by atoms with Crippen LogP contribution in [0.25, 0.3) is 0 Å². The third-order valence-electron chi connectivity index (χ3n) is 3.42. The average Bonchev–Trinajstić information content (AvgIpc) is 2.43. The molecule has 0 saturated heterocycles. The standard InChI is InChI=1S/C17H19F2N/c1-3-20-17(10-13-5-8-14(18)9-6-13)16-11-15(19)7-4-12(16)2/h4-9,11,17,20H,3,10H2,1-2H3. The highest BCUT2D eigenvalue weighted by atomic mass is 19.1. The molecule has 0 heterocycles. The van der Waals surface area contributed by atoms with E-state index in [9.17, 15) is 8.78 Å². The third kappa shape index (κ3) is 3.64. The summed E-state index contributed by atoms with van der Waals surface area (Å²) in [5.74, 6) is -0.469. The Labute approximate surface area is 118 Å². The molecule has 0 spiro atoms. The van der Waals surface area contributed by atoms with Gasteiger partial charge in [-0.2, -0.15) is 0 Å². The lowest BCUT2D eigenvalue weighted by molar-refractivity contribution is 0.539. The van der Waals surface area contributed by atoms with Gasteiger partial charge in [-0.1, -0.05) is 25.1 Å². The van der Waals surface area contributed by atoms with Gasteiger partial charge in [0.05, 0.1) is 0 Å². The molecule has 1 unspecified atom stereocenters. The van der Waals surface area contributed by atoms with Crippen LogP contribution in [-0.2, 0) is 6.42 Å². The maximum absolute atomic E-state index is 13.5. The molecule has 0 saturated carbocycles. The summed E-state index contributed by atoms with van der Waals surface area (Å²) in [6.07, 6.45) is 0.707. The number of hydrogen-bond donors (Lipinski definition) is 1. The van der Waals surface area contributed by atoms with Crippen molar-refractivity contribution in [2.24, 2.45) is 0 Å². The van der Waals surface area contributed by atoms with Gasteiger partial charge in [0.1, 0.15) is 11.6 Å². The predicted molar refractivity (Wildman–Crippen MR) is 77.7 cm³/mol. The molecule has 106 valence electrons. The molecule has 0 aliphatic heterocycles. The molecule has 2 aromatic rings. The van der Waals surface area contributed by atoms with E-state index in [4.69, 9.17) is 0 Å². The maximum atomic E-state index is 13.5. The number of aryl methyl sites for hydroxylation is 1. The number of rotatable bonds is 5. The molecular formula is C17H19F2N. The normalized spacial score (nSPS) is 12.4. The van der Waals surface area contributed by atoms with Gasteiger partial charge < -0.3 is 5.32 Å². The molecule has 0 amide bonds. The van der Waals surface area contributed by atoms with E-state index in [0.717, 1.165) is 23.2 Å². The van der Waals surface area contributed by atoms with Gasteiger partial charge >= 0.3 is 0 Å². The lowest BCUT2D eigenvalue weighted by atomic mass is 9.95. The minimum absolute atomic E-state index is 0.0289. The first-order valence-electron chi connectivity index (χ1n) is 6.84. The smallest absolute Gasteiger partial charge is 0.123 e.